The van der Waals surface area contributed by atoms with E-state index in [1.165, 1.54) is 18.2 Å². The van der Waals surface area contributed by atoms with Gasteiger partial charge in [-0.2, -0.15) is 13.2 Å². The van der Waals surface area contributed by atoms with E-state index in [2.05, 4.69) is 4.98 Å². The largest absolute Gasteiger partial charge is 0.477 e. The van der Waals surface area contributed by atoms with Gasteiger partial charge in [0, 0.05) is 6.54 Å². The zero-order valence-electron chi connectivity index (χ0n) is 11.4. The van der Waals surface area contributed by atoms with Crippen molar-refractivity contribution in [3.8, 4) is 0 Å². The first-order valence-electron chi connectivity index (χ1n) is 6.31. The van der Waals surface area contributed by atoms with Crippen LogP contribution >= 0.6 is 0 Å². The molecule has 0 aliphatic carbocycles. The highest BCUT2D eigenvalue weighted by Gasteiger charge is 2.33. The third kappa shape index (κ3) is 5.41. The molecule has 21 heavy (non-hydrogen) atoms. The summed E-state index contributed by atoms with van der Waals surface area (Å²) in [6.45, 7) is 0.345. The number of aromatic carboxylic acids is 1. The Balaban J connectivity index is 2.98. The summed E-state index contributed by atoms with van der Waals surface area (Å²) in [6.07, 6.45) is -3.47. The zero-order chi connectivity index (χ0) is 16.0. The van der Waals surface area contributed by atoms with Crippen molar-refractivity contribution in [2.75, 3.05) is 13.1 Å². The Morgan fingerprint density at radius 2 is 1.90 bits per heavy atom. The second-order valence-corrected chi connectivity index (χ2v) is 4.41. The Labute approximate surface area is 119 Å². The van der Waals surface area contributed by atoms with Crippen LogP contribution in [0.1, 0.15) is 40.7 Å². The molecule has 0 unspecified atom stereocenters. The van der Waals surface area contributed by atoms with Crippen LogP contribution in [0.25, 0.3) is 0 Å². The number of carboxylic acids is 1. The van der Waals surface area contributed by atoms with Gasteiger partial charge in [0.1, 0.15) is 17.9 Å². The van der Waals surface area contributed by atoms with Crippen molar-refractivity contribution in [2.45, 2.75) is 25.9 Å². The minimum Gasteiger partial charge on any atom is -0.477 e. The molecule has 1 amide bonds. The number of hydrogen-bond donors (Lipinski definition) is 1. The second kappa shape index (κ2) is 7.05. The van der Waals surface area contributed by atoms with E-state index in [0.29, 0.717) is 17.7 Å². The number of unbranched alkanes of at least 4 members (excludes halogenated alkanes) is 1. The Kier molecular flexibility index (Phi) is 5.69. The van der Waals surface area contributed by atoms with Crippen LogP contribution in [0.5, 0.6) is 0 Å². The fourth-order valence-corrected chi connectivity index (χ4v) is 1.65. The van der Waals surface area contributed by atoms with Crippen molar-refractivity contribution in [3.05, 3.63) is 29.6 Å². The lowest BCUT2D eigenvalue weighted by Crippen LogP contribution is -2.40. The highest BCUT2D eigenvalue weighted by Crippen LogP contribution is 2.18. The molecule has 0 atom stereocenters. The van der Waals surface area contributed by atoms with Crippen molar-refractivity contribution in [1.29, 1.82) is 0 Å². The van der Waals surface area contributed by atoms with Crippen LogP contribution in [-0.4, -0.2) is 46.1 Å². The maximum atomic E-state index is 12.5. The molecule has 0 fully saturated rings. The smallest absolute Gasteiger partial charge is 0.406 e. The number of amides is 1. The number of carboxylic acid groups (broad SMARTS) is 1. The number of aromatic nitrogens is 1. The number of carbonyl (C=O) groups excluding carboxylic acids is 1. The lowest BCUT2D eigenvalue weighted by molar-refractivity contribution is -0.140. The van der Waals surface area contributed by atoms with Gasteiger partial charge in [-0.1, -0.05) is 19.4 Å². The summed E-state index contributed by atoms with van der Waals surface area (Å²) >= 11 is 0. The van der Waals surface area contributed by atoms with Gasteiger partial charge in [-0.05, 0) is 18.6 Å². The summed E-state index contributed by atoms with van der Waals surface area (Å²) < 4.78 is 37.5. The molecule has 0 aromatic carbocycles. The lowest BCUT2D eigenvalue weighted by atomic mass is 10.2. The van der Waals surface area contributed by atoms with Gasteiger partial charge in [-0.15, -0.1) is 0 Å². The molecule has 1 rings (SSSR count). The van der Waals surface area contributed by atoms with Gasteiger partial charge in [-0.25, -0.2) is 9.78 Å². The summed E-state index contributed by atoms with van der Waals surface area (Å²) in [5.41, 5.74) is -0.696. The van der Waals surface area contributed by atoms with Crippen LogP contribution in [0.2, 0.25) is 0 Å². The predicted octanol–water partition coefficient (Wildman–Crippen LogP) is 2.58. The van der Waals surface area contributed by atoms with Gasteiger partial charge in [0.05, 0.1) is 0 Å². The molecule has 0 saturated heterocycles. The van der Waals surface area contributed by atoms with Crippen molar-refractivity contribution in [3.63, 3.8) is 0 Å². The first-order valence-corrected chi connectivity index (χ1v) is 6.31. The molecule has 1 N–H and O–H groups in total. The molecule has 116 valence electrons. The van der Waals surface area contributed by atoms with Crippen molar-refractivity contribution >= 4 is 11.9 Å². The molecule has 1 aromatic heterocycles. The van der Waals surface area contributed by atoms with E-state index in [1.54, 1.807) is 6.92 Å². The summed E-state index contributed by atoms with van der Waals surface area (Å²) in [7, 11) is 0. The average Bonchev–Trinajstić information content (AvgIpc) is 2.41. The SMILES string of the molecule is CCCCN(CC(F)(F)F)C(=O)c1cccc(C(=O)O)n1. The predicted molar refractivity (Wildman–Crippen MR) is 68.1 cm³/mol. The third-order valence-electron chi connectivity index (χ3n) is 2.63. The van der Waals surface area contributed by atoms with Crippen LogP contribution < -0.4 is 0 Å². The second-order valence-electron chi connectivity index (χ2n) is 4.41. The zero-order valence-corrected chi connectivity index (χ0v) is 11.4. The normalized spacial score (nSPS) is 11.2. The fraction of sp³-hybridized carbons (Fsp3) is 0.462. The molecule has 0 bridgehead atoms. The highest BCUT2D eigenvalue weighted by molar-refractivity contribution is 5.94. The topological polar surface area (TPSA) is 70.5 Å². The van der Waals surface area contributed by atoms with Crippen LogP contribution in [0.3, 0.4) is 0 Å². The molecule has 0 saturated carbocycles. The van der Waals surface area contributed by atoms with Crippen molar-refractivity contribution in [1.82, 2.24) is 9.88 Å². The van der Waals surface area contributed by atoms with E-state index in [4.69, 9.17) is 5.11 Å². The van der Waals surface area contributed by atoms with E-state index in [9.17, 15) is 22.8 Å². The Morgan fingerprint density at radius 3 is 2.43 bits per heavy atom. The van der Waals surface area contributed by atoms with E-state index in [1.807, 2.05) is 0 Å². The first kappa shape index (κ1) is 16.9. The maximum absolute atomic E-state index is 12.5. The van der Waals surface area contributed by atoms with E-state index in [0.717, 1.165) is 0 Å². The van der Waals surface area contributed by atoms with Crippen LogP contribution in [0.4, 0.5) is 13.2 Å². The molecule has 5 nitrogen and oxygen atoms in total. The van der Waals surface area contributed by atoms with Crippen LogP contribution in [0, 0.1) is 0 Å². The number of nitrogens with zero attached hydrogens (tertiary/aromatic N) is 2. The standard InChI is InChI=1S/C13H15F3N2O3/c1-2-3-7-18(8-13(14,15)16)11(19)9-5-4-6-10(17-9)12(20)21/h4-6H,2-3,7-8H2,1H3,(H,20,21). The first-order chi connectivity index (χ1) is 9.74. The Morgan fingerprint density at radius 1 is 1.29 bits per heavy atom. The number of pyridine rings is 1. The van der Waals surface area contributed by atoms with Crippen molar-refractivity contribution in [2.24, 2.45) is 0 Å². The fourth-order valence-electron chi connectivity index (χ4n) is 1.65. The maximum Gasteiger partial charge on any atom is 0.406 e. The summed E-state index contributed by atoms with van der Waals surface area (Å²) in [5.74, 6) is -2.27. The number of hydrogen-bond acceptors (Lipinski definition) is 3. The quantitative estimate of drug-likeness (QED) is 0.877. The number of halogens is 3. The van der Waals surface area contributed by atoms with Gasteiger partial charge in [0.15, 0.2) is 0 Å². The number of rotatable bonds is 6. The van der Waals surface area contributed by atoms with Gasteiger partial charge in [0.25, 0.3) is 5.91 Å². The van der Waals surface area contributed by atoms with Crippen LogP contribution in [-0.2, 0) is 0 Å². The van der Waals surface area contributed by atoms with Gasteiger partial charge in [-0.3, -0.25) is 4.79 Å². The van der Waals surface area contributed by atoms with Gasteiger partial charge < -0.3 is 10.0 Å². The summed E-state index contributed by atoms with van der Waals surface area (Å²) in [6, 6.07) is 3.64. The molecule has 8 heteroatoms. The number of alkyl halides is 3. The minimum atomic E-state index is -4.52. The summed E-state index contributed by atoms with van der Waals surface area (Å²) in [5, 5.41) is 8.79. The van der Waals surface area contributed by atoms with Gasteiger partial charge in [0.2, 0.25) is 0 Å². The average molecular weight is 304 g/mol. The third-order valence-corrected chi connectivity index (χ3v) is 2.63. The molecule has 1 heterocycles. The molecule has 0 aliphatic rings. The number of carbonyl (C=O) groups is 2. The molecular formula is C13H15F3N2O3. The van der Waals surface area contributed by atoms with Gasteiger partial charge >= 0.3 is 12.1 Å². The van der Waals surface area contributed by atoms with Crippen molar-refractivity contribution < 1.29 is 27.9 Å². The van der Waals surface area contributed by atoms with E-state index >= 15 is 0 Å². The minimum absolute atomic E-state index is 0.0617. The monoisotopic (exact) mass is 304 g/mol. The molecule has 1 aromatic rings. The Hall–Kier alpha value is -2.12. The molecular weight excluding hydrogens is 289 g/mol. The van der Waals surface area contributed by atoms with E-state index in [-0.39, 0.29) is 17.9 Å². The lowest BCUT2D eigenvalue weighted by Gasteiger charge is -2.23. The van der Waals surface area contributed by atoms with Crippen LogP contribution in [0.15, 0.2) is 18.2 Å². The molecule has 0 radical (unpaired) electrons. The Bertz CT molecular complexity index is 518. The molecule has 0 spiro atoms. The highest BCUT2D eigenvalue weighted by atomic mass is 19.4. The molecule has 0 aliphatic heterocycles. The van der Waals surface area contributed by atoms with E-state index < -0.39 is 24.6 Å². The summed E-state index contributed by atoms with van der Waals surface area (Å²) in [4.78, 5) is 27.1.